The van der Waals surface area contributed by atoms with Gasteiger partial charge in [-0.1, -0.05) is 37.3 Å². The summed E-state index contributed by atoms with van der Waals surface area (Å²) in [6.45, 7) is 2.86. The van der Waals surface area contributed by atoms with Crippen LogP contribution in [0.1, 0.15) is 35.5 Å². The van der Waals surface area contributed by atoms with Gasteiger partial charge in [0.05, 0.1) is 18.0 Å². The van der Waals surface area contributed by atoms with Crippen molar-refractivity contribution in [2.45, 2.75) is 31.6 Å². The molecular formula is C16H19ClN2OS. The quantitative estimate of drug-likeness (QED) is 0.789. The molecule has 0 saturated carbocycles. The van der Waals surface area contributed by atoms with Crippen LogP contribution in [0, 0.1) is 0 Å². The molecule has 1 amide bonds. The second kappa shape index (κ2) is 8.15. The van der Waals surface area contributed by atoms with Crippen molar-refractivity contribution in [2.75, 3.05) is 6.54 Å². The standard InChI is InChI=1S/C16H19ClN2OS/c1-12(13-5-3-2-4-6-13)7-8-18-15(20)9-16-19-14(10-17)11-21-16/h2-6,11-12H,7-10H2,1H3,(H,18,20). The van der Waals surface area contributed by atoms with Crippen LogP contribution < -0.4 is 5.32 Å². The second-order valence-electron chi connectivity index (χ2n) is 4.99. The third-order valence-corrected chi connectivity index (χ3v) is 4.49. The molecule has 2 aromatic rings. The Hall–Kier alpha value is -1.39. The molecule has 21 heavy (non-hydrogen) atoms. The molecule has 1 unspecified atom stereocenters. The van der Waals surface area contributed by atoms with Gasteiger partial charge < -0.3 is 5.32 Å². The van der Waals surface area contributed by atoms with E-state index in [0.717, 1.165) is 17.1 Å². The lowest BCUT2D eigenvalue weighted by molar-refractivity contribution is -0.120. The van der Waals surface area contributed by atoms with E-state index in [1.54, 1.807) is 0 Å². The molecule has 1 N–H and O–H groups in total. The second-order valence-corrected chi connectivity index (χ2v) is 6.20. The Morgan fingerprint density at radius 3 is 2.81 bits per heavy atom. The zero-order valence-electron chi connectivity index (χ0n) is 12.0. The smallest absolute Gasteiger partial charge is 0.226 e. The van der Waals surface area contributed by atoms with E-state index in [1.807, 2.05) is 23.6 Å². The van der Waals surface area contributed by atoms with Crippen LogP contribution in [-0.4, -0.2) is 17.4 Å². The number of aromatic nitrogens is 1. The van der Waals surface area contributed by atoms with Gasteiger partial charge in [-0.2, -0.15) is 0 Å². The number of alkyl halides is 1. The Balaban J connectivity index is 1.72. The zero-order chi connectivity index (χ0) is 15.1. The molecule has 1 heterocycles. The van der Waals surface area contributed by atoms with Crippen LogP contribution in [0.5, 0.6) is 0 Å². The molecule has 1 atom stereocenters. The number of carbonyl (C=O) groups is 1. The van der Waals surface area contributed by atoms with Crippen molar-refractivity contribution < 1.29 is 4.79 Å². The van der Waals surface area contributed by atoms with E-state index in [1.165, 1.54) is 16.9 Å². The average molecular weight is 323 g/mol. The monoisotopic (exact) mass is 322 g/mol. The third kappa shape index (κ3) is 5.14. The summed E-state index contributed by atoms with van der Waals surface area (Å²) in [7, 11) is 0. The Bertz CT molecular complexity index is 571. The summed E-state index contributed by atoms with van der Waals surface area (Å²) >= 11 is 7.18. The van der Waals surface area contributed by atoms with Crippen LogP contribution in [0.15, 0.2) is 35.7 Å². The lowest BCUT2D eigenvalue weighted by Gasteiger charge is -2.12. The fraction of sp³-hybridized carbons (Fsp3) is 0.375. The first-order valence-electron chi connectivity index (χ1n) is 7.00. The number of nitrogens with one attached hydrogen (secondary N) is 1. The van der Waals surface area contributed by atoms with Gasteiger partial charge in [-0.05, 0) is 17.9 Å². The molecule has 0 aliphatic rings. The molecule has 0 fully saturated rings. The number of rotatable bonds is 7. The Labute approximate surface area is 134 Å². The van der Waals surface area contributed by atoms with Gasteiger partial charge in [-0.3, -0.25) is 4.79 Å². The predicted octanol–water partition coefficient (Wildman–Crippen LogP) is 3.73. The third-order valence-electron chi connectivity index (χ3n) is 3.32. The van der Waals surface area contributed by atoms with Crippen LogP contribution >= 0.6 is 22.9 Å². The molecule has 0 aliphatic heterocycles. The number of halogens is 1. The minimum atomic E-state index is 0.0192. The number of benzene rings is 1. The molecule has 0 bridgehead atoms. The van der Waals surface area contributed by atoms with E-state index in [9.17, 15) is 4.79 Å². The van der Waals surface area contributed by atoms with Crippen LogP contribution in [0.3, 0.4) is 0 Å². The van der Waals surface area contributed by atoms with E-state index in [-0.39, 0.29) is 5.91 Å². The van der Waals surface area contributed by atoms with Crippen molar-refractivity contribution in [2.24, 2.45) is 0 Å². The fourth-order valence-electron chi connectivity index (χ4n) is 2.07. The van der Waals surface area contributed by atoms with Gasteiger partial charge >= 0.3 is 0 Å². The summed E-state index contributed by atoms with van der Waals surface area (Å²) in [5.41, 5.74) is 2.14. The molecule has 0 saturated heterocycles. The van der Waals surface area contributed by atoms with Gasteiger partial charge in [0.25, 0.3) is 0 Å². The maximum absolute atomic E-state index is 11.9. The molecule has 0 spiro atoms. The van der Waals surface area contributed by atoms with Crippen molar-refractivity contribution in [3.05, 3.63) is 52.0 Å². The van der Waals surface area contributed by atoms with Crippen LogP contribution in [0.2, 0.25) is 0 Å². The van der Waals surface area contributed by atoms with Gasteiger partial charge in [0.2, 0.25) is 5.91 Å². The molecule has 1 aromatic carbocycles. The minimum Gasteiger partial charge on any atom is -0.356 e. The van der Waals surface area contributed by atoms with Crippen LogP contribution in [0.4, 0.5) is 0 Å². The maximum atomic E-state index is 11.9. The highest BCUT2D eigenvalue weighted by Crippen LogP contribution is 2.17. The Morgan fingerprint density at radius 2 is 2.14 bits per heavy atom. The summed E-state index contributed by atoms with van der Waals surface area (Å²) in [5, 5.41) is 5.67. The maximum Gasteiger partial charge on any atom is 0.226 e. The molecule has 112 valence electrons. The molecule has 1 aromatic heterocycles. The highest BCUT2D eigenvalue weighted by atomic mass is 35.5. The summed E-state index contributed by atoms with van der Waals surface area (Å²) in [6.07, 6.45) is 1.27. The van der Waals surface area contributed by atoms with Crippen molar-refractivity contribution in [1.29, 1.82) is 0 Å². The number of thiazole rings is 1. The SMILES string of the molecule is CC(CCNC(=O)Cc1nc(CCl)cs1)c1ccccc1. The van der Waals surface area contributed by atoms with Crippen LogP contribution in [-0.2, 0) is 17.1 Å². The summed E-state index contributed by atoms with van der Waals surface area (Å²) in [5.74, 6) is 0.854. The molecule has 0 aliphatic carbocycles. The first-order chi connectivity index (χ1) is 10.2. The Kier molecular flexibility index (Phi) is 6.21. The fourth-order valence-corrected chi connectivity index (χ4v) is 3.09. The average Bonchev–Trinajstić information content (AvgIpc) is 2.95. The number of carbonyl (C=O) groups excluding carboxylic acids is 1. The Morgan fingerprint density at radius 1 is 1.38 bits per heavy atom. The summed E-state index contributed by atoms with van der Waals surface area (Å²) in [4.78, 5) is 16.1. The van der Waals surface area contributed by atoms with E-state index >= 15 is 0 Å². The normalized spacial score (nSPS) is 12.1. The zero-order valence-corrected chi connectivity index (χ0v) is 13.6. The van der Waals surface area contributed by atoms with Crippen molar-refractivity contribution in [3.8, 4) is 0 Å². The van der Waals surface area contributed by atoms with Crippen molar-refractivity contribution in [1.82, 2.24) is 10.3 Å². The van der Waals surface area contributed by atoms with E-state index in [4.69, 9.17) is 11.6 Å². The molecule has 2 rings (SSSR count). The van der Waals surface area contributed by atoms with E-state index < -0.39 is 0 Å². The lowest BCUT2D eigenvalue weighted by Crippen LogP contribution is -2.26. The number of hydrogen-bond donors (Lipinski definition) is 1. The topological polar surface area (TPSA) is 42.0 Å². The number of hydrogen-bond acceptors (Lipinski definition) is 3. The van der Waals surface area contributed by atoms with Crippen molar-refractivity contribution in [3.63, 3.8) is 0 Å². The first-order valence-corrected chi connectivity index (χ1v) is 8.41. The summed E-state index contributed by atoms with van der Waals surface area (Å²) < 4.78 is 0. The van der Waals surface area contributed by atoms with Gasteiger partial charge in [0.15, 0.2) is 0 Å². The van der Waals surface area contributed by atoms with Crippen molar-refractivity contribution >= 4 is 28.8 Å². The highest BCUT2D eigenvalue weighted by molar-refractivity contribution is 7.09. The largest absolute Gasteiger partial charge is 0.356 e. The first kappa shape index (κ1) is 16.0. The molecule has 5 heteroatoms. The lowest BCUT2D eigenvalue weighted by atomic mass is 9.98. The highest BCUT2D eigenvalue weighted by Gasteiger charge is 2.09. The van der Waals surface area contributed by atoms with Gasteiger partial charge in [0.1, 0.15) is 5.01 Å². The van der Waals surface area contributed by atoms with Gasteiger partial charge in [-0.25, -0.2) is 4.98 Å². The van der Waals surface area contributed by atoms with Gasteiger partial charge in [-0.15, -0.1) is 22.9 Å². The number of amides is 1. The van der Waals surface area contributed by atoms with Crippen LogP contribution in [0.25, 0.3) is 0 Å². The van der Waals surface area contributed by atoms with E-state index in [2.05, 4.69) is 29.4 Å². The van der Waals surface area contributed by atoms with E-state index in [0.29, 0.717) is 24.8 Å². The number of nitrogens with zero attached hydrogens (tertiary/aromatic N) is 1. The molecule has 3 nitrogen and oxygen atoms in total. The predicted molar refractivity (Wildman–Crippen MR) is 87.9 cm³/mol. The minimum absolute atomic E-state index is 0.0192. The molecular weight excluding hydrogens is 304 g/mol. The molecule has 0 radical (unpaired) electrons. The summed E-state index contributed by atoms with van der Waals surface area (Å²) in [6, 6.07) is 10.3. The van der Waals surface area contributed by atoms with Gasteiger partial charge in [0, 0.05) is 11.9 Å².